The summed E-state index contributed by atoms with van der Waals surface area (Å²) in [6, 6.07) is 32.1. The van der Waals surface area contributed by atoms with Crippen molar-refractivity contribution in [1.29, 1.82) is 0 Å². The molecule has 1 amide bonds. The van der Waals surface area contributed by atoms with Gasteiger partial charge < -0.3 is 20.1 Å². The van der Waals surface area contributed by atoms with Crippen LogP contribution in [0.5, 0.6) is 5.75 Å². The predicted molar refractivity (Wildman–Crippen MR) is 168 cm³/mol. The maximum absolute atomic E-state index is 13.1. The Balaban J connectivity index is 1.16. The van der Waals surface area contributed by atoms with Crippen LogP contribution in [0.1, 0.15) is 47.2 Å². The van der Waals surface area contributed by atoms with Gasteiger partial charge in [-0.2, -0.15) is 0 Å². The van der Waals surface area contributed by atoms with E-state index >= 15 is 0 Å². The smallest absolute Gasteiger partial charge is 0.326 e. The van der Waals surface area contributed by atoms with Crippen molar-refractivity contribution in [3.63, 3.8) is 0 Å². The van der Waals surface area contributed by atoms with E-state index in [1.54, 1.807) is 48.5 Å². The monoisotopic (exact) mass is 576 g/mol. The molecule has 1 fully saturated rings. The van der Waals surface area contributed by atoms with Crippen LogP contribution in [0.2, 0.25) is 0 Å². The molecule has 220 valence electrons. The predicted octanol–water partition coefficient (Wildman–Crippen LogP) is 6.63. The van der Waals surface area contributed by atoms with Crippen molar-refractivity contribution in [2.75, 3.05) is 23.4 Å². The lowest BCUT2D eigenvalue weighted by atomic mass is 9.84. The van der Waals surface area contributed by atoms with E-state index < -0.39 is 12.0 Å². The molecule has 7 heteroatoms. The van der Waals surface area contributed by atoms with Crippen LogP contribution in [0, 0.1) is 5.92 Å². The molecule has 0 aromatic heterocycles. The van der Waals surface area contributed by atoms with Crippen LogP contribution in [0.25, 0.3) is 0 Å². The highest BCUT2D eigenvalue weighted by Crippen LogP contribution is 2.30. The number of amides is 1. The highest BCUT2D eigenvalue weighted by Gasteiger charge is 2.30. The first-order chi connectivity index (χ1) is 21.0. The second-order valence-electron chi connectivity index (χ2n) is 10.8. The first-order valence-electron chi connectivity index (χ1n) is 14.8. The van der Waals surface area contributed by atoms with Gasteiger partial charge >= 0.3 is 5.97 Å². The molecular weight excluding hydrogens is 540 g/mol. The van der Waals surface area contributed by atoms with E-state index in [4.69, 9.17) is 4.74 Å². The van der Waals surface area contributed by atoms with Gasteiger partial charge in [0.05, 0.1) is 6.61 Å². The number of carbonyl (C=O) groups is 3. The Morgan fingerprint density at radius 3 is 2.14 bits per heavy atom. The van der Waals surface area contributed by atoms with Gasteiger partial charge in [0.1, 0.15) is 11.8 Å². The molecule has 0 aliphatic heterocycles. The van der Waals surface area contributed by atoms with Gasteiger partial charge in [-0.05, 0) is 61.2 Å². The van der Waals surface area contributed by atoms with E-state index in [0.29, 0.717) is 42.1 Å². The number of hydrogen-bond acceptors (Lipinski definition) is 5. The Morgan fingerprint density at radius 2 is 1.49 bits per heavy atom. The van der Waals surface area contributed by atoms with Gasteiger partial charge in [0, 0.05) is 41.4 Å². The van der Waals surface area contributed by atoms with Gasteiger partial charge in [0.2, 0.25) is 5.91 Å². The maximum Gasteiger partial charge on any atom is 0.326 e. The van der Waals surface area contributed by atoms with E-state index in [-0.39, 0.29) is 24.0 Å². The van der Waals surface area contributed by atoms with E-state index in [0.717, 1.165) is 30.5 Å². The highest BCUT2D eigenvalue weighted by atomic mass is 16.5. The van der Waals surface area contributed by atoms with Crippen LogP contribution in [-0.4, -0.2) is 42.0 Å². The third-order valence-electron chi connectivity index (χ3n) is 7.78. The van der Waals surface area contributed by atoms with E-state index in [1.165, 1.54) is 0 Å². The number of aliphatic carboxylic acids is 1. The number of carbonyl (C=O) groups excluding carboxylic acids is 2. The zero-order chi connectivity index (χ0) is 30.0. The normalized spacial score (nSPS) is 13.4. The average Bonchev–Trinajstić information content (AvgIpc) is 3.01. The minimum absolute atomic E-state index is 0.121. The maximum atomic E-state index is 13.1. The van der Waals surface area contributed by atoms with Crippen molar-refractivity contribution in [1.82, 2.24) is 0 Å². The Morgan fingerprint density at radius 1 is 0.837 bits per heavy atom. The summed E-state index contributed by atoms with van der Waals surface area (Å²) in [5.74, 6) is -0.194. The third kappa shape index (κ3) is 7.68. The summed E-state index contributed by atoms with van der Waals surface area (Å²) < 4.78 is 5.95. The van der Waals surface area contributed by atoms with Crippen LogP contribution in [-0.2, 0) is 16.0 Å². The summed E-state index contributed by atoms with van der Waals surface area (Å²) in [5, 5.41) is 13.0. The summed E-state index contributed by atoms with van der Waals surface area (Å²) in [4.78, 5) is 40.2. The van der Waals surface area contributed by atoms with Gasteiger partial charge in [-0.25, -0.2) is 4.79 Å². The summed E-state index contributed by atoms with van der Waals surface area (Å²) in [6.07, 6.45) is 3.94. The zero-order valence-corrected chi connectivity index (χ0v) is 24.0. The lowest BCUT2D eigenvalue weighted by Crippen LogP contribution is -2.40. The summed E-state index contributed by atoms with van der Waals surface area (Å²) in [5.41, 5.74) is 3.17. The fraction of sp³-hybridized carbons (Fsp3) is 0.250. The molecule has 0 spiro atoms. The largest absolute Gasteiger partial charge is 0.494 e. The minimum Gasteiger partial charge on any atom is -0.494 e. The molecule has 0 radical (unpaired) electrons. The van der Waals surface area contributed by atoms with E-state index in [9.17, 15) is 19.5 Å². The number of ether oxygens (including phenoxy) is 1. The summed E-state index contributed by atoms with van der Waals surface area (Å²) in [6.45, 7) is 1.03. The van der Waals surface area contributed by atoms with Crippen LogP contribution in [0.4, 0.5) is 11.4 Å². The molecule has 0 saturated heterocycles. The SMILES string of the molecule is O=C(c1ccccc1)c1ccccc1N[C@@H](Cc1ccc(OCCCN(C(=O)C2CCC2)c2ccccc2)cc1)C(=O)O. The van der Waals surface area contributed by atoms with Gasteiger partial charge in [-0.15, -0.1) is 0 Å². The number of ketones is 1. The molecular formula is C36H36N2O5. The number of nitrogens with one attached hydrogen (secondary N) is 1. The lowest BCUT2D eigenvalue weighted by Gasteiger charge is -2.31. The first-order valence-corrected chi connectivity index (χ1v) is 14.8. The fourth-order valence-corrected chi connectivity index (χ4v) is 5.16. The van der Waals surface area contributed by atoms with Crippen molar-refractivity contribution in [2.24, 2.45) is 5.92 Å². The standard InChI is InChI=1S/C36H36N2O5/c39-34(27-11-3-1-4-12-27)31-17-7-8-18-32(31)37-33(36(41)42)25-26-19-21-30(22-20-26)43-24-10-23-38(29-15-5-2-6-16-29)35(40)28-13-9-14-28/h1-8,11-12,15-22,28,33,37H,9-10,13-14,23-25H2,(H,41,42)/t33-/m0/s1. The number of carboxylic acid groups (broad SMARTS) is 1. The van der Waals surface area contributed by atoms with Crippen molar-refractivity contribution in [3.05, 3.63) is 126 Å². The Labute approximate surface area is 252 Å². The molecule has 7 nitrogen and oxygen atoms in total. The molecule has 5 rings (SSSR count). The number of benzene rings is 4. The molecule has 1 aliphatic carbocycles. The Bertz CT molecular complexity index is 1520. The van der Waals surface area contributed by atoms with Crippen molar-refractivity contribution in [2.45, 2.75) is 38.1 Å². The minimum atomic E-state index is -1.01. The van der Waals surface area contributed by atoms with Crippen molar-refractivity contribution < 1.29 is 24.2 Å². The molecule has 0 bridgehead atoms. The molecule has 0 heterocycles. The first kappa shape index (κ1) is 29.6. The van der Waals surface area contributed by atoms with Crippen molar-refractivity contribution in [3.8, 4) is 5.75 Å². The molecule has 2 N–H and O–H groups in total. The zero-order valence-electron chi connectivity index (χ0n) is 24.0. The summed E-state index contributed by atoms with van der Waals surface area (Å²) >= 11 is 0. The number of para-hydroxylation sites is 2. The number of nitrogens with zero attached hydrogens (tertiary/aromatic N) is 1. The van der Waals surface area contributed by atoms with Gasteiger partial charge in [-0.1, -0.05) is 79.2 Å². The van der Waals surface area contributed by atoms with Crippen LogP contribution >= 0.6 is 0 Å². The molecule has 1 aliphatic rings. The average molecular weight is 577 g/mol. The molecule has 0 unspecified atom stereocenters. The quantitative estimate of drug-likeness (QED) is 0.129. The van der Waals surface area contributed by atoms with Crippen molar-refractivity contribution >= 4 is 29.0 Å². The highest BCUT2D eigenvalue weighted by molar-refractivity contribution is 6.12. The van der Waals surface area contributed by atoms with Crippen LogP contribution in [0.3, 0.4) is 0 Å². The Hall–Kier alpha value is -4.91. The number of rotatable bonds is 14. The van der Waals surface area contributed by atoms with Crippen LogP contribution < -0.4 is 15.0 Å². The van der Waals surface area contributed by atoms with Crippen LogP contribution in [0.15, 0.2) is 109 Å². The second-order valence-corrected chi connectivity index (χ2v) is 10.8. The second kappa shape index (κ2) is 14.3. The lowest BCUT2D eigenvalue weighted by molar-refractivity contribution is -0.137. The Kier molecular flexibility index (Phi) is 9.85. The summed E-state index contributed by atoms with van der Waals surface area (Å²) in [7, 11) is 0. The fourth-order valence-electron chi connectivity index (χ4n) is 5.16. The van der Waals surface area contributed by atoms with E-state index in [1.807, 2.05) is 65.6 Å². The topological polar surface area (TPSA) is 95.9 Å². The third-order valence-corrected chi connectivity index (χ3v) is 7.78. The molecule has 4 aromatic carbocycles. The molecule has 4 aromatic rings. The van der Waals surface area contributed by atoms with E-state index in [2.05, 4.69) is 5.32 Å². The number of hydrogen-bond donors (Lipinski definition) is 2. The molecule has 1 atom stereocenters. The van der Waals surface area contributed by atoms with Gasteiger partial charge in [-0.3, -0.25) is 9.59 Å². The number of anilines is 2. The molecule has 1 saturated carbocycles. The molecule has 43 heavy (non-hydrogen) atoms. The number of carboxylic acids is 1. The van der Waals surface area contributed by atoms with Gasteiger partial charge in [0.25, 0.3) is 0 Å². The van der Waals surface area contributed by atoms with Gasteiger partial charge in [0.15, 0.2) is 5.78 Å².